The number of hydrogen-bond donors (Lipinski definition) is 4. The van der Waals surface area contributed by atoms with Crippen LogP contribution in [0.5, 0.6) is 0 Å². The first kappa shape index (κ1) is 24.4. The molecule has 35 heavy (non-hydrogen) atoms. The molecule has 2 aliphatic carbocycles. The molecule has 6 nitrogen and oxygen atoms in total. The predicted molar refractivity (Wildman–Crippen MR) is 141 cm³/mol. The van der Waals surface area contributed by atoms with Crippen LogP contribution in [0.25, 0.3) is 0 Å². The fourth-order valence-electron chi connectivity index (χ4n) is 6.20. The first-order valence-corrected chi connectivity index (χ1v) is 13.9. The highest BCUT2D eigenvalue weighted by molar-refractivity contribution is 7.15. The van der Waals surface area contributed by atoms with Crippen LogP contribution >= 0.6 is 22.7 Å². The molecule has 4 N–H and O–H groups in total. The number of carbonyl (C=O) groups excluding carboxylic acids is 1. The van der Waals surface area contributed by atoms with Crippen molar-refractivity contribution in [2.45, 2.75) is 58.1 Å². The van der Waals surface area contributed by atoms with Crippen LogP contribution < -0.4 is 10.6 Å². The van der Waals surface area contributed by atoms with Crippen LogP contribution in [0.1, 0.15) is 54.5 Å². The first-order chi connectivity index (χ1) is 16.8. The lowest BCUT2D eigenvalue weighted by atomic mass is 9.47. The second-order valence-electron chi connectivity index (χ2n) is 10.4. The van der Waals surface area contributed by atoms with Crippen LogP contribution in [-0.2, 0) is 17.8 Å². The van der Waals surface area contributed by atoms with Crippen LogP contribution in [0.3, 0.4) is 0 Å². The molecule has 1 amide bonds. The van der Waals surface area contributed by atoms with E-state index in [1.165, 1.54) is 0 Å². The summed E-state index contributed by atoms with van der Waals surface area (Å²) in [7, 11) is 0. The SMILES string of the molecule is C[C@]1(CO)[C@H]2Cc3sc(Nc4ccccc4)nc3[C@@H](CC(=O)NCc3cccs3)[C@]2(C)CC[C@H]1O. The number of fused-ring (bicyclic) bond motifs is 2. The molecule has 2 aromatic heterocycles. The maximum atomic E-state index is 13.2. The molecule has 0 aliphatic heterocycles. The summed E-state index contributed by atoms with van der Waals surface area (Å²) in [6, 6.07) is 14.0. The van der Waals surface area contributed by atoms with Crippen molar-refractivity contribution in [3.63, 3.8) is 0 Å². The molecule has 5 rings (SSSR count). The van der Waals surface area contributed by atoms with Gasteiger partial charge >= 0.3 is 0 Å². The summed E-state index contributed by atoms with van der Waals surface area (Å²) >= 11 is 3.26. The van der Waals surface area contributed by atoms with Crippen molar-refractivity contribution in [2.75, 3.05) is 11.9 Å². The predicted octanol–water partition coefficient (Wildman–Crippen LogP) is 5.07. The van der Waals surface area contributed by atoms with Crippen LogP contribution in [-0.4, -0.2) is 33.8 Å². The van der Waals surface area contributed by atoms with Gasteiger partial charge in [-0.15, -0.1) is 22.7 Å². The fourth-order valence-corrected chi connectivity index (χ4v) is 7.93. The number of thiophene rings is 1. The summed E-state index contributed by atoms with van der Waals surface area (Å²) in [5.41, 5.74) is 1.10. The number of aromatic nitrogens is 1. The van der Waals surface area contributed by atoms with Gasteiger partial charge in [0.15, 0.2) is 5.13 Å². The molecule has 0 unspecified atom stereocenters. The first-order valence-electron chi connectivity index (χ1n) is 12.2. The molecule has 1 fully saturated rings. The topological polar surface area (TPSA) is 94.5 Å². The highest BCUT2D eigenvalue weighted by Gasteiger charge is 2.59. The average molecular weight is 512 g/mol. The van der Waals surface area contributed by atoms with Gasteiger partial charge in [-0.2, -0.15) is 0 Å². The van der Waals surface area contributed by atoms with Crippen molar-refractivity contribution in [3.05, 3.63) is 63.3 Å². The van der Waals surface area contributed by atoms with Crippen molar-refractivity contribution < 1.29 is 15.0 Å². The second kappa shape index (κ2) is 9.65. The molecule has 2 aliphatic rings. The van der Waals surface area contributed by atoms with E-state index in [1.54, 1.807) is 22.7 Å². The summed E-state index contributed by atoms with van der Waals surface area (Å²) in [6.45, 7) is 4.69. The molecule has 0 bridgehead atoms. The molecule has 0 saturated heterocycles. The Hall–Kier alpha value is -2.26. The molecule has 2 heterocycles. The van der Waals surface area contributed by atoms with E-state index in [9.17, 15) is 15.0 Å². The average Bonchev–Trinajstić information content (AvgIpc) is 3.52. The Balaban J connectivity index is 1.47. The van der Waals surface area contributed by atoms with E-state index in [4.69, 9.17) is 4.98 Å². The van der Waals surface area contributed by atoms with Crippen molar-refractivity contribution >= 4 is 39.4 Å². The van der Waals surface area contributed by atoms with Gasteiger partial charge < -0.3 is 20.8 Å². The molecular weight excluding hydrogens is 478 g/mol. The van der Waals surface area contributed by atoms with Gasteiger partial charge in [-0.1, -0.05) is 38.1 Å². The third kappa shape index (κ3) is 4.53. The van der Waals surface area contributed by atoms with E-state index in [0.717, 1.165) is 39.1 Å². The zero-order valence-corrected chi connectivity index (χ0v) is 21.8. The Morgan fingerprint density at radius 3 is 2.71 bits per heavy atom. The number of aliphatic hydroxyl groups excluding tert-OH is 2. The number of hydrogen-bond acceptors (Lipinski definition) is 7. The van der Waals surface area contributed by atoms with E-state index >= 15 is 0 Å². The van der Waals surface area contributed by atoms with Crippen molar-refractivity contribution in [1.29, 1.82) is 0 Å². The van der Waals surface area contributed by atoms with Gasteiger partial charge in [-0.25, -0.2) is 4.98 Å². The van der Waals surface area contributed by atoms with Gasteiger partial charge in [-0.3, -0.25) is 4.79 Å². The zero-order chi connectivity index (χ0) is 24.6. The Morgan fingerprint density at radius 1 is 1.20 bits per heavy atom. The van der Waals surface area contributed by atoms with Crippen LogP contribution in [0.2, 0.25) is 0 Å². The number of nitrogens with zero attached hydrogens (tertiary/aromatic N) is 1. The molecule has 3 aromatic rings. The zero-order valence-electron chi connectivity index (χ0n) is 20.2. The lowest BCUT2D eigenvalue weighted by Gasteiger charge is -2.58. The highest BCUT2D eigenvalue weighted by atomic mass is 32.1. The monoisotopic (exact) mass is 511 g/mol. The van der Waals surface area contributed by atoms with Crippen LogP contribution in [0.15, 0.2) is 47.8 Å². The minimum Gasteiger partial charge on any atom is -0.396 e. The standard InChI is InChI=1S/C27H33N3O3S2/c1-26-11-10-22(32)27(2,16-31)21(26)14-20-24(30-25(35-20)29-17-7-4-3-5-8-17)19(26)13-23(33)28-15-18-9-6-12-34-18/h3-9,12,19,21-22,31-32H,10-11,13-16H2,1-2H3,(H,28,33)(H,29,30)/t19-,21+,22-,26+,27+/m1/s1. The fraction of sp³-hybridized carbons (Fsp3) is 0.481. The van der Waals surface area contributed by atoms with Crippen LogP contribution in [0.4, 0.5) is 10.8 Å². The van der Waals surface area contributed by atoms with Gasteiger partial charge in [-0.05, 0) is 54.2 Å². The minimum absolute atomic E-state index is 0.0126. The lowest BCUT2D eigenvalue weighted by molar-refractivity contribution is -0.144. The van der Waals surface area contributed by atoms with E-state index in [-0.39, 0.29) is 29.8 Å². The summed E-state index contributed by atoms with van der Waals surface area (Å²) in [5, 5.41) is 30.7. The molecule has 5 atom stereocenters. The number of aliphatic hydroxyl groups is 2. The third-order valence-electron chi connectivity index (χ3n) is 8.35. The van der Waals surface area contributed by atoms with E-state index in [1.807, 2.05) is 54.8 Å². The highest BCUT2D eigenvalue weighted by Crippen LogP contribution is 2.62. The molecular formula is C27H33N3O3S2. The lowest BCUT2D eigenvalue weighted by Crippen LogP contribution is -2.57. The number of para-hydroxylation sites is 1. The smallest absolute Gasteiger partial charge is 0.220 e. The largest absolute Gasteiger partial charge is 0.396 e. The Kier molecular flexibility index (Phi) is 6.74. The van der Waals surface area contributed by atoms with Crippen molar-refractivity contribution in [1.82, 2.24) is 10.3 Å². The molecule has 186 valence electrons. The molecule has 1 aromatic carbocycles. The number of thiazole rings is 1. The van der Waals surface area contributed by atoms with E-state index in [2.05, 4.69) is 17.6 Å². The summed E-state index contributed by atoms with van der Waals surface area (Å²) in [6.07, 6.45) is 1.95. The molecule has 8 heteroatoms. The Labute approximate surface area is 214 Å². The van der Waals surface area contributed by atoms with Gasteiger partial charge in [0.05, 0.1) is 24.9 Å². The van der Waals surface area contributed by atoms with Gasteiger partial charge in [0.1, 0.15) is 0 Å². The maximum absolute atomic E-state index is 13.2. The second-order valence-corrected chi connectivity index (χ2v) is 12.5. The summed E-state index contributed by atoms with van der Waals surface area (Å²) in [4.78, 5) is 20.5. The summed E-state index contributed by atoms with van der Waals surface area (Å²) in [5.74, 6) is -0.0180. The number of rotatable bonds is 7. The van der Waals surface area contributed by atoms with E-state index in [0.29, 0.717) is 19.4 Å². The van der Waals surface area contributed by atoms with Gasteiger partial charge in [0.25, 0.3) is 0 Å². The molecule has 0 radical (unpaired) electrons. The third-order valence-corrected chi connectivity index (χ3v) is 10.2. The normalized spacial score (nSPS) is 29.8. The Bertz CT molecular complexity index is 1170. The number of amides is 1. The number of nitrogens with one attached hydrogen (secondary N) is 2. The van der Waals surface area contributed by atoms with E-state index < -0.39 is 11.5 Å². The van der Waals surface area contributed by atoms with Crippen LogP contribution in [0, 0.1) is 16.7 Å². The quantitative estimate of drug-likeness (QED) is 0.355. The molecule has 0 spiro atoms. The van der Waals surface area contributed by atoms with Crippen molar-refractivity contribution in [3.8, 4) is 0 Å². The Morgan fingerprint density at radius 2 is 2.00 bits per heavy atom. The number of benzene rings is 1. The minimum atomic E-state index is -0.618. The van der Waals surface area contributed by atoms with Gasteiger partial charge in [0.2, 0.25) is 5.91 Å². The number of anilines is 2. The van der Waals surface area contributed by atoms with Gasteiger partial charge in [0, 0.05) is 33.2 Å². The maximum Gasteiger partial charge on any atom is 0.220 e. The summed E-state index contributed by atoms with van der Waals surface area (Å²) < 4.78 is 0. The molecule has 1 saturated carbocycles. The number of carbonyl (C=O) groups is 1. The van der Waals surface area contributed by atoms with Crippen molar-refractivity contribution in [2.24, 2.45) is 16.7 Å².